The first-order valence-corrected chi connectivity index (χ1v) is 4.37. The highest BCUT2D eigenvalue weighted by atomic mass is 19.4. The minimum atomic E-state index is -4.67. The van der Waals surface area contributed by atoms with E-state index < -0.39 is 24.1 Å². The third-order valence-corrected chi connectivity index (χ3v) is 1.91. The fourth-order valence-electron chi connectivity index (χ4n) is 1.10. The second-order valence-corrected chi connectivity index (χ2v) is 3.04. The molecule has 0 atom stereocenters. The standard InChI is InChI=1S/C10H9F3N2O/c11-10(12,13)9(15-14)6-8(16)7-4-2-1-3-5-7/h1-5H,6,14H2. The number of alkyl halides is 3. The van der Waals surface area contributed by atoms with Crippen molar-refractivity contribution >= 4 is 11.5 Å². The summed E-state index contributed by atoms with van der Waals surface area (Å²) in [6.07, 6.45) is -5.51. The first-order valence-electron chi connectivity index (χ1n) is 4.37. The van der Waals surface area contributed by atoms with Gasteiger partial charge in [0.05, 0.1) is 6.42 Å². The summed E-state index contributed by atoms with van der Waals surface area (Å²) in [5.74, 6) is 3.94. The van der Waals surface area contributed by atoms with Crippen LogP contribution in [0, 0.1) is 0 Å². The number of hydrazone groups is 1. The van der Waals surface area contributed by atoms with Crippen molar-refractivity contribution in [3.05, 3.63) is 35.9 Å². The van der Waals surface area contributed by atoms with Crippen molar-refractivity contribution in [2.75, 3.05) is 0 Å². The van der Waals surface area contributed by atoms with Crippen molar-refractivity contribution < 1.29 is 18.0 Å². The first kappa shape index (κ1) is 12.2. The van der Waals surface area contributed by atoms with Crippen LogP contribution >= 0.6 is 0 Å². The van der Waals surface area contributed by atoms with Crippen LogP contribution in [0.1, 0.15) is 16.8 Å². The second-order valence-electron chi connectivity index (χ2n) is 3.04. The Kier molecular flexibility index (Phi) is 3.65. The number of hydrogen-bond donors (Lipinski definition) is 1. The number of carbonyl (C=O) groups excluding carboxylic acids is 1. The third kappa shape index (κ3) is 3.08. The molecule has 0 aliphatic heterocycles. The summed E-state index contributed by atoms with van der Waals surface area (Å²) in [5.41, 5.74) is -1.07. The van der Waals surface area contributed by atoms with Gasteiger partial charge in [-0.05, 0) is 0 Å². The molecule has 16 heavy (non-hydrogen) atoms. The van der Waals surface area contributed by atoms with Crippen molar-refractivity contribution in [3.63, 3.8) is 0 Å². The predicted molar refractivity (Wildman–Crippen MR) is 53.1 cm³/mol. The zero-order valence-corrected chi connectivity index (χ0v) is 8.16. The average Bonchev–Trinajstić information content (AvgIpc) is 2.25. The summed E-state index contributed by atoms with van der Waals surface area (Å²) < 4.78 is 36.7. The van der Waals surface area contributed by atoms with Gasteiger partial charge in [-0.1, -0.05) is 30.3 Å². The minimum absolute atomic E-state index is 0.202. The molecule has 6 heteroatoms. The fraction of sp³-hybridized carbons (Fsp3) is 0.200. The van der Waals surface area contributed by atoms with Gasteiger partial charge in [-0.25, -0.2) is 0 Å². The number of nitrogens with two attached hydrogens (primary N) is 1. The zero-order valence-electron chi connectivity index (χ0n) is 8.16. The Morgan fingerprint density at radius 1 is 1.25 bits per heavy atom. The predicted octanol–water partition coefficient (Wildman–Crippen LogP) is 2.14. The van der Waals surface area contributed by atoms with Gasteiger partial charge in [0.2, 0.25) is 0 Å². The molecule has 0 heterocycles. The molecule has 2 N–H and O–H groups in total. The molecule has 86 valence electrons. The van der Waals surface area contributed by atoms with E-state index in [0.29, 0.717) is 0 Å². The van der Waals surface area contributed by atoms with E-state index in [1.807, 2.05) is 0 Å². The van der Waals surface area contributed by atoms with Crippen LogP contribution in [-0.2, 0) is 0 Å². The SMILES string of the molecule is NN=C(CC(=O)c1ccccc1)C(F)(F)F. The van der Waals surface area contributed by atoms with Crippen molar-refractivity contribution in [1.82, 2.24) is 0 Å². The molecule has 3 nitrogen and oxygen atoms in total. The number of rotatable bonds is 3. The van der Waals surface area contributed by atoms with E-state index in [-0.39, 0.29) is 5.56 Å². The minimum Gasteiger partial charge on any atom is -0.323 e. The molecule has 0 aromatic heterocycles. The zero-order chi connectivity index (χ0) is 12.2. The smallest absolute Gasteiger partial charge is 0.323 e. The maximum atomic E-state index is 12.2. The van der Waals surface area contributed by atoms with Crippen LogP contribution in [-0.4, -0.2) is 17.7 Å². The van der Waals surface area contributed by atoms with Gasteiger partial charge >= 0.3 is 6.18 Å². The van der Waals surface area contributed by atoms with Gasteiger partial charge < -0.3 is 5.84 Å². The summed E-state index contributed by atoms with van der Waals surface area (Å²) in [5, 5.41) is 2.60. The molecule has 0 unspecified atom stereocenters. The highest BCUT2D eigenvalue weighted by Crippen LogP contribution is 2.20. The average molecular weight is 230 g/mol. The summed E-state index contributed by atoms with van der Waals surface area (Å²) in [6.45, 7) is 0. The fourth-order valence-corrected chi connectivity index (χ4v) is 1.10. The lowest BCUT2D eigenvalue weighted by molar-refractivity contribution is -0.0604. The van der Waals surface area contributed by atoms with E-state index in [1.54, 1.807) is 18.2 Å². The highest BCUT2D eigenvalue weighted by molar-refractivity contribution is 6.11. The van der Waals surface area contributed by atoms with Crippen molar-refractivity contribution in [3.8, 4) is 0 Å². The molecule has 0 amide bonds. The van der Waals surface area contributed by atoms with Gasteiger partial charge in [0, 0.05) is 5.56 Å². The normalized spacial score (nSPS) is 12.6. The Hall–Kier alpha value is -1.85. The van der Waals surface area contributed by atoms with Crippen LogP contribution in [0.15, 0.2) is 35.4 Å². The van der Waals surface area contributed by atoms with Crippen molar-refractivity contribution in [1.29, 1.82) is 0 Å². The van der Waals surface area contributed by atoms with E-state index in [4.69, 9.17) is 0 Å². The molecule has 0 bridgehead atoms. The van der Waals surface area contributed by atoms with E-state index in [2.05, 4.69) is 10.9 Å². The quantitative estimate of drug-likeness (QED) is 0.374. The maximum Gasteiger partial charge on any atom is 0.431 e. The molecule has 0 saturated carbocycles. The molecular weight excluding hydrogens is 221 g/mol. The van der Waals surface area contributed by atoms with Gasteiger partial charge in [0.1, 0.15) is 5.71 Å². The van der Waals surface area contributed by atoms with Crippen LogP contribution in [0.4, 0.5) is 13.2 Å². The number of ketones is 1. The second kappa shape index (κ2) is 4.78. The lowest BCUT2D eigenvalue weighted by atomic mass is 10.1. The number of benzene rings is 1. The van der Waals surface area contributed by atoms with E-state index in [0.717, 1.165) is 0 Å². The molecule has 0 saturated heterocycles. The van der Waals surface area contributed by atoms with Crippen LogP contribution in [0.25, 0.3) is 0 Å². The van der Waals surface area contributed by atoms with Crippen LogP contribution in [0.2, 0.25) is 0 Å². The largest absolute Gasteiger partial charge is 0.431 e. The number of carbonyl (C=O) groups is 1. The van der Waals surface area contributed by atoms with E-state index in [1.165, 1.54) is 12.1 Å². The molecule has 0 fully saturated rings. The van der Waals surface area contributed by atoms with Crippen molar-refractivity contribution in [2.24, 2.45) is 10.9 Å². The lowest BCUT2D eigenvalue weighted by Crippen LogP contribution is -2.27. The van der Waals surface area contributed by atoms with Gasteiger partial charge in [-0.2, -0.15) is 18.3 Å². The Morgan fingerprint density at radius 3 is 2.25 bits per heavy atom. The van der Waals surface area contributed by atoms with Crippen LogP contribution in [0.3, 0.4) is 0 Å². The van der Waals surface area contributed by atoms with Gasteiger partial charge in [-0.3, -0.25) is 4.79 Å². The number of halogens is 3. The molecule has 0 aliphatic rings. The molecule has 0 spiro atoms. The molecule has 0 aliphatic carbocycles. The summed E-state index contributed by atoms with van der Waals surface area (Å²) in [6, 6.07) is 7.68. The Balaban J connectivity index is 2.80. The molecule has 0 radical (unpaired) electrons. The van der Waals surface area contributed by atoms with Crippen molar-refractivity contribution in [2.45, 2.75) is 12.6 Å². The van der Waals surface area contributed by atoms with Gasteiger partial charge in [0.15, 0.2) is 5.78 Å². The monoisotopic (exact) mass is 230 g/mol. The molecular formula is C10H9F3N2O. The third-order valence-electron chi connectivity index (χ3n) is 1.91. The summed E-state index contributed by atoms with van der Waals surface area (Å²) in [7, 11) is 0. The molecule has 1 aromatic carbocycles. The summed E-state index contributed by atoms with van der Waals surface area (Å²) >= 11 is 0. The number of nitrogens with zero attached hydrogens (tertiary/aromatic N) is 1. The topological polar surface area (TPSA) is 55.4 Å². The molecule has 1 aromatic rings. The van der Waals surface area contributed by atoms with Crippen LogP contribution < -0.4 is 5.84 Å². The maximum absolute atomic E-state index is 12.2. The van der Waals surface area contributed by atoms with E-state index in [9.17, 15) is 18.0 Å². The molecule has 1 rings (SSSR count). The van der Waals surface area contributed by atoms with Gasteiger partial charge in [0.25, 0.3) is 0 Å². The highest BCUT2D eigenvalue weighted by Gasteiger charge is 2.36. The lowest BCUT2D eigenvalue weighted by Gasteiger charge is -2.08. The Bertz CT molecular complexity index is 398. The Labute approximate surface area is 89.8 Å². The van der Waals surface area contributed by atoms with Gasteiger partial charge in [-0.15, -0.1) is 0 Å². The first-order chi connectivity index (χ1) is 7.45. The Morgan fingerprint density at radius 2 is 1.81 bits per heavy atom. The number of hydrogen-bond acceptors (Lipinski definition) is 3. The summed E-state index contributed by atoms with van der Waals surface area (Å²) in [4.78, 5) is 11.4. The van der Waals surface area contributed by atoms with Crippen LogP contribution in [0.5, 0.6) is 0 Å². The number of Topliss-reactive ketones (excluding diaryl/α,β-unsaturated/α-hetero) is 1. The van der Waals surface area contributed by atoms with E-state index >= 15 is 0 Å².